The van der Waals surface area contributed by atoms with Crippen LogP contribution in [0.5, 0.6) is 5.75 Å². The molecule has 0 amide bonds. The van der Waals surface area contributed by atoms with Crippen molar-refractivity contribution in [2.45, 2.75) is 39.0 Å². The van der Waals surface area contributed by atoms with Crippen molar-refractivity contribution in [3.8, 4) is 5.75 Å². The van der Waals surface area contributed by atoms with Gasteiger partial charge in [0.05, 0.1) is 7.11 Å². The van der Waals surface area contributed by atoms with Crippen molar-refractivity contribution in [2.24, 2.45) is 5.92 Å². The average molecular weight is 204 g/mol. The standard InChI is InChI=1S/C14H20O/c1-10(2)13-6-4-5-12(14(13)15-3)9-11-7-8-11/h4-6,10-11H,7-9H2,1-3H3. The van der Waals surface area contributed by atoms with Crippen LogP contribution in [-0.2, 0) is 6.42 Å². The molecule has 1 saturated carbocycles. The van der Waals surface area contributed by atoms with E-state index in [4.69, 9.17) is 4.74 Å². The molecular formula is C14H20O. The third kappa shape index (κ3) is 2.34. The van der Waals surface area contributed by atoms with Crippen molar-refractivity contribution >= 4 is 0 Å². The van der Waals surface area contributed by atoms with Crippen molar-refractivity contribution in [3.63, 3.8) is 0 Å². The molecule has 0 N–H and O–H groups in total. The third-order valence-electron chi connectivity index (χ3n) is 3.16. The minimum Gasteiger partial charge on any atom is -0.496 e. The molecule has 0 aliphatic heterocycles. The Kier molecular flexibility index (Phi) is 2.99. The molecule has 0 aromatic heterocycles. The quantitative estimate of drug-likeness (QED) is 0.725. The van der Waals surface area contributed by atoms with Gasteiger partial charge in [-0.3, -0.25) is 0 Å². The summed E-state index contributed by atoms with van der Waals surface area (Å²) in [6, 6.07) is 6.55. The number of benzene rings is 1. The predicted octanol–water partition coefficient (Wildman–Crippen LogP) is 3.77. The van der Waals surface area contributed by atoms with Gasteiger partial charge in [0.25, 0.3) is 0 Å². The fraction of sp³-hybridized carbons (Fsp3) is 0.571. The maximum Gasteiger partial charge on any atom is 0.125 e. The highest BCUT2D eigenvalue weighted by molar-refractivity contribution is 5.43. The van der Waals surface area contributed by atoms with Crippen LogP contribution in [0.2, 0.25) is 0 Å². The average Bonchev–Trinajstić information content (AvgIpc) is 3.01. The molecule has 0 atom stereocenters. The van der Waals surface area contributed by atoms with E-state index in [2.05, 4.69) is 32.0 Å². The predicted molar refractivity (Wildman–Crippen MR) is 63.5 cm³/mol. The van der Waals surface area contributed by atoms with Crippen LogP contribution in [0.1, 0.15) is 43.7 Å². The fourth-order valence-corrected chi connectivity index (χ4v) is 2.10. The number of hydrogen-bond donors (Lipinski definition) is 0. The molecular weight excluding hydrogens is 184 g/mol. The molecule has 1 heteroatoms. The van der Waals surface area contributed by atoms with E-state index >= 15 is 0 Å². The Labute approximate surface area is 92.5 Å². The van der Waals surface area contributed by atoms with E-state index in [1.165, 1.54) is 30.4 Å². The second-order valence-corrected chi connectivity index (χ2v) is 4.84. The summed E-state index contributed by atoms with van der Waals surface area (Å²) < 4.78 is 5.57. The lowest BCUT2D eigenvalue weighted by Crippen LogP contribution is -1.99. The number of para-hydroxylation sites is 1. The Morgan fingerprint density at radius 3 is 2.60 bits per heavy atom. The fourth-order valence-electron chi connectivity index (χ4n) is 2.10. The van der Waals surface area contributed by atoms with Crippen molar-refractivity contribution in [1.82, 2.24) is 0 Å². The van der Waals surface area contributed by atoms with Crippen LogP contribution in [0.15, 0.2) is 18.2 Å². The first kappa shape index (κ1) is 10.5. The number of methoxy groups -OCH3 is 1. The van der Waals surface area contributed by atoms with Crippen LogP contribution in [0.25, 0.3) is 0 Å². The zero-order valence-corrected chi connectivity index (χ0v) is 9.92. The van der Waals surface area contributed by atoms with Gasteiger partial charge in [0.1, 0.15) is 5.75 Å². The van der Waals surface area contributed by atoms with E-state index < -0.39 is 0 Å². The minimum atomic E-state index is 0.541. The third-order valence-corrected chi connectivity index (χ3v) is 3.16. The highest BCUT2D eigenvalue weighted by Crippen LogP contribution is 2.37. The molecule has 1 aromatic carbocycles. The van der Waals surface area contributed by atoms with Crippen LogP contribution >= 0.6 is 0 Å². The Hall–Kier alpha value is -0.980. The molecule has 0 radical (unpaired) electrons. The molecule has 1 aliphatic carbocycles. The SMILES string of the molecule is COc1c(CC2CC2)cccc1C(C)C. The Bertz CT molecular complexity index is 337. The van der Waals surface area contributed by atoms with Gasteiger partial charge in [-0.15, -0.1) is 0 Å². The molecule has 0 saturated heterocycles. The van der Waals surface area contributed by atoms with Crippen LogP contribution in [0, 0.1) is 5.92 Å². The maximum atomic E-state index is 5.57. The summed E-state index contributed by atoms with van der Waals surface area (Å²) in [4.78, 5) is 0. The van der Waals surface area contributed by atoms with Crippen molar-refractivity contribution in [2.75, 3.05) is 7.11 Å². The van der Waals surface area contributed by atoms with Crippen molar-refractivity contribution in [1.29, 1.82) is 0 Å². The lowest BCUT2D eigenvalue weighted by Gasteiger charge is -2.15. The summed E-state index contributed by atoms with van der Waals surface area (Å²) in [5, 5.41) is 0. The molecule has 0 spiro atoms. The van der Waals surface area contributed by atoms with Gasteiger partial charge in [0.2, 0.25) is 0 Å². The largest absolute Gasteiger partial charge is 0.496 e. The van der Waals surface area contributed by atoms with Gasteiger partial charge in [-0.25, -0.2) is 0 Å². The summed E-state index contributed by atoms with van der Waals surface area (Å²) >= 11 is 0. The van der Waals surface area contributed by atoms with Crippen LogP contribution < -0.4 is 4.74 Å². The van der Waals surface area contributed by atoms with Gasteiger partial charge in [0, 0.05) is 0 Å². The monoisotopic (exact) mass is 204 g/mol. The highest BCUT2D eigenvalue weighted by atomic mass is 16.5. The Morgan fingerprint density at radius 2 is 2.07 bits per heavy atom. The zero-order chi connectivity index (χ0) is 10.8. The summed E-state index contributed by atoms with van der Waals surface area (Å²) in [6.07, 6.45) is 3.99. The van der Waals surface area contributed by atoms with Gasteiger partial charge in [-0.1, -0.05) is 32.0 Å². The molecule has 1 fully saturated rings. The molecule has 0 heterocycles. The molecule has 0 bridgehead atoms. The maximum absolute atomic E-state index is 5.57. The second kappa shape index (κ2) is 4.26. The first-order valence-electron chi connectivity index (χ1n) is 5.88. The molecule has 2 rings (SSSR count). The normalized spacial score (nSPS) is 15.7. The van der Waals surface area contributed by atoms with Crippen LogP contribution in [0.3, 0.4) is 0 Å². The molecule has 82 valence electrons. The lowest BCUT2D eigenvalue weighted by atomic mass is 9.97. The first-order chi connectivity index (χ1) is 7.22. The van der Waals surface area contributed by atoms with E-state index in [-0.39, 0.29) is 0 Å². The van der Waals surface area contributed by atoms with E-state index in [0.717, 1.165) is 11.7 Å². The minimum absolute atomic E-state index is 0.541. The van der Waals surface area contributed by atoms with E-state index in [1.807, 2.05) is 0 Å². The van der Waals surface area contributed by atoms with Gasteiger partial charge < -0.3 is 4.74 Å². The summed E-state index contributed by atoms with van der Waals surface area (Å²) in [5.41, 5.74) is 2.74. The first-order valence-corrected chi connectivity index (χ1v) is 5.88. The van der Waals surface area contributed by atoms with Gasteiger partial charge in [0.15, 0.2) is 0 Å². The Balaban J connectivity index is 2.30. The van der Waals surface area contributed by atoms with Gasteiger partial charge >= 0.3 is 0 Å². The molecule has 15 heavy (non-hydrogen) atoms. The van der Waals surface area contributed by atoms with Crippen LogP contribution in [0.4, 0.5) is 0 Å². The lowest BCUT2D eigenvalue weighted by molar-refractivity contribution is 0.401. The summed E-state index contributed by atoms with van der Waals surface area (Å²) in [7, 11) is 1.79. The summed E-state index contributed by atoms with van der Waals surface area (Å²) in [6.45, 7) is 4.44. The number of ether oxygens (including phenoxy) is 1. The molecule has 1 aliphatic rings. The van der Waals surface area contributed by atoms with E-state index in [1.54, 1.807) is 7.11 Å². The summed E-state index contributed by atoms with van der Waals surface area (Å²) in [5.74, 6) is 2.58. The van der Waals surface area contributed by atoms with Gasteiger partial charge in [-0.2, -0.15) is 0 Å². The Morgan fingerprint density at radius 1 is 1.33 bits per heavy atom. The van der Waals surface area contributed by atoms with Crippen molar-refractivity contribution < 1.29 is 4.74 Å². The number of hydrogen-bond acceptors (Lipinski definition) is 1. The molecule has 0 unspecified atom stereocenters. The van der Waals surface area contributed by atoms with E-state index in [9.17, 15) is 0 Å². The van der Waals surface area contributed by atoms with Crippen molar-refractivity contribution in [3.05, 3.63) is 29.3 Å². The van der Waals surface area contributed by atoms with E-state index in [0.29, 0.717) is 5.92 Å². The van der Waals surface area contributed by atoms with Gasteiger partial charge in [-0.05, 0) is 42.2 Å². The number of rotatable bonds is 4. The smallest absolute Gasteiger partial charge is 0.125 e. The molecule has 1 aromatic rings. The second-order valence-electron chi connectivity index (χ2n) is 4.84. The highest BCUT2D eigenvalue weighted by Gasteiger charge is 2.23. The zero-order valence-electron chi connectivity index (χ0n) is 9.92. The van der Waals surface area contributed by atoms with Crippen LogP contribution in [-0.4, -0.2) is 7.11 Å². The molecule has 1 nitrogen and oxygen atoms in total. The topological polar surface area (TPSA) is 9.23 Å².